The summed E-state index contributed by atoms with van der Waals surface area (Å²) >= 11 is 3.39. The van der Waals surface area contributed by atoms with E-state index in [1.807, 2.05) is 19.1 Å². The van der Waals surface area contributed by atoms with Crippen molar-refractivity contribution in [2.24, 2.45) is 0 Å². The lowest BCUT2D eigenvalue weighted by atomic mass is 10.1. The number of rotatable bonds is 3. The summed E-state index contributed by atoms with van der Waals surface area (Å²) in [6, 6.07) is 5.46. The number of hydrogen-bond donors (Lipinski definition) is 2. The molecule has 0 aliphatic carbocycles. The molecule has 0 spiro atoms. The number of nitrogens with one attached hydrogen (secondary N) is 2. The van der Waals surface area contributed by atoms with Crippen molar-refractivity contribution < 1.29 is 4.79 Å². The van der Waals surface area contributed by atoms with Crippen molar-refractivity contribution in [2.45, 2.75) is 13.5 Å². The number of aromatic nitrogens is 3. The van der Waals surface area contributed by atoms with Crippen molar-refractivity contribution in [3.8, 4) is 0 Å². The zero-order valence-corrected chi connectivity index (χ0v) is 10.8. The summed E-state index contributed by atoms with van der Waals surface area (Å²) in [5.41, 5.74) is 1.66. The van der Waals surface area contributed by atoms with E-state index in [9.17, 15) is 4.79 Å². The van der Waals surface area contributed by atoms with Gasteiger partial charge in [0.2, 0.25) is 0 Å². The molecular formula is C11H11BrN4O. The minimum Gasteiger partial charge on any atom is -0.345 e. The number of carbonyl (C=O) groups is 1. The first-order chi connectivity index (χ1) is 8.16. The van der Waals surface area contributed by atoms with Crippen LogP contribution in [0.4, 0.5) is 0 Å². The number of halogens is 1. The Morgan fingerprint density at radius 2 is 2.35 bits per heavy atom. The van der Waals surface area contributed by atoms with Crippen LogP contribution in [0.15, 0.2) is 29.0 Å². The molecule has 1 amide bonds. The highest BCUT2D eigenvalue weighted by molar-refractivity contribution is 9.10. The van der Waals surface area contributed by atoms with Gasteiger partial charge in [0, 0.05) is 10.0 Å². The molecule has 1 heterocycles. The minimum absolute atomic E-state index is 0.128. The van der Waals surface area contributed by atoms with Crippen LogP contribution in [0, 0.1) is 6.92 Å². The zero-order chi connectivity index (χ0) is 12.3. The Labute approximate surface area is 107 Å². The van der Waals surface area contributed by atoms with E-state index in [0.717, 1.165) is 10.0 Å². The minimum atomic E-state index is -0.128. The number of aromatic amines is 1. The molecule has 17 heavy (non-hydrogen) atoms. The molecule has 0 saturated heterocycles. The van der Waals surface area contributed by atoms with Gasteiger partial charge < -0.3 is 5.32 Å². The van der Waals surface area contributed by atoms with E-state index in [4.69, 9.17) is 0 Å². The predicted molar refractivity (Wildman–Crippen MR) is 66.4 cm³/mol. The van der Waals surface area contributed by atoms with E-state index in [1.165, 1.54) is 6.33 Å². The molecule has 0 bridgehead atoms. The molecule has 1 aromatic heterocycles. The van der Waals surface area contributed by atoms with Gasteiger partial charge in [-0.1, -0.05) is 15.9 Å². The lowest BCUT2D eigenvalue weighted by molar-refractivity contribution is 0.0950. The van der Waals surface area contributed by atoms with E-state index < -0.39 is 0 Å². The Bertz CT molecular complexity index is 524. The monoisotopic (exact) mass is 294 g/mol. The lowest BCUT2D eigenvalue weighted by Crippen LogP contribution is -2.23. The molecule has 0 aliphatic heterocycles. The van der Waals surface area contributed by atoms with Gasteiger partial charge in [-0.25, -0.2) is 4.98 Å². The van der Waals surface area contributed by atoms with Crippen molar-refractivity contribution in [3.63, 3.8) is 0 Å². The number of benzene rings is 1. The first-order valence-corrected chi connectivity index (χ1v) is 5.84. The molecule has 2 aromatic rings. The Morgan fingerprint density at radius 3 is 3.00 bits per heavy atom. The molecule has 2 N–H and O–H groups in total. The molecule has 0 radical (unpaired) electrons. The van der Waals surface area contributed by atoms with Gasteiger partial charge in [0.15, 0.2) is 0 Å². The highest BCUT2D eigenvalue weighted by atomic mass is 79.9. The normalized spacial score (nSPS) is 10.2. The summed E-state index contributed by atoms with van der Waals surface area (Å²) in [7, 11) is 0. The molecule has 0 saturated carbocycles. The number of nitrogens with zero attached hydrogens (tertiary/aromatic N) is 2. The van der Waals surface area contributed by atoms with Crippen molar-refractivity contribution in [2.75, 3.05) is 0 Å². The third-order valence-corrected chi connectivity index (χ3v) is 3.19. The smallest absolute Gasteiger partial charge is 0.251 e. The standard InChI is InChI=1S/C11H11BrN4O/c1-7-4-8(2-3-9(7)12)11(17)13-5-10-14-6-15-16-10/h2-4,6H,5H2,1H3,(H,13,17)(H,14,15,16). The third-order valence-electron chi connectivity index (χ3n) is 2.30. The van der Waals surface area contributed by atoms with Gasteiger partial charge in [-0.3, -0.25) is 9.89 Å². The molecule has 0 fully saturated rings. The fraction of sp³-hybridized carbons (Fsp3) is 0.182. The highest BCUT2D eigenvalue weighted by Gasteiger charge is 2.07. The Balaban J connectivity index is 2.02. The van der Waals surface area contributed by atoms with E-state index >= 15 is 0 Å². The summed E-state index contributed by atoms with van der Waals surface area (Å²) in [6.07, 6.45) is 1.41. The fourth-order valence-corrected chi connectivity index (χ4v) is 1.61. The van der Waals surface area contributed by atoms with Crippen LogP contribution in [0.1, 0.15) is 21.7 Å². The number of amides is 1. The molecule has 0 unspecified atom stereocenters. The highest BCUT2D eigenvalue weighted by Crippen LogP contribution is 2.16. The van der Waals surface area contributed by atoms with Crippen LogP contribution in [0.25, 0.3) is 0 Å². The van der Waals surface area contributed by atoms with Gasteiger partial charge >= 0.3 is 0 Å². The van der Waals surface area contributed by atoms with Gasteiger partial charge in [0.05, 0.1) is 6.54 Å². The quantitative estimate of drug-likeness (QED) is 0.907. The Kier molecular flexibility index (Phi) is 3.53. The van der Waals surface area contributed by atoms with Crippen molar-refractivity contribution in [3.05, 3.63) is 46.0 Å². The molecule has 88 valence electrons. The second-order valence-corrected chi connectivity index (χ2v) is 4.43. The summed E-state index contributed by atoms with van der Waals surface area (Å²) < 4.78 is 0.990. The molecule has 0 aliphatic rings. The van der Waals surface area contributed by atoms with Crippen molar-refractivity contribution in [1.29, 1.82) is 0 Å². The van der Waals surface area contributed by atoms with Crippen LogP contribution < -0.4 is 5.32 Å². The topological polar surface area (TPSA) is 70.7 Å². The lowest BCUT2D eigenvalue weighted by Gasteiger charge is -2.05. The molecule has 0 atom stereocenters. The molecule has 5 nitrogen and oxygen atoms in total. The summed E-state index contributed by atoms with van der Waals surface area (Å²) in [6.45, 7) is 2.28. The summed E-state index contributed by atoms with van der Waals surface area (Å²) in [4.78, 5) is 15.7. The van der Waals surface area contributed by atoms with Crippen LogP contribution in [0.2, 0.25) is 0 Å². The SMILES string of the molecule is Cc1cc(C(=O)NCc2ncn[nH]2)ccc1Br. The van der Waals surface area contributed by atoms with Gasteiger partial charge in [-0.2, -0.15) is 5.10 Å². The predicted octanol–water partition coefficient (Wildman–Crippen LogP) is 1.81. The first kappa shape index (κ1) is 11.8. The number of H-pyrrole nitrogens is 1. The molecule has 2 rings (SSSR count). The van der Waals surface area contributed by atoms with Gasteiger partial charge in [0.1, 0.15) is 12.2 Å². The van der Waals surface area contributed by atoms with E-state index in [-0.39, 0.29) is 5.91 Å². The van der Waals surface area contributed by atoms with E-state index in [0.29, 0.717) is 17.9 Å². The summed E-state index contributed by atoms with van der Waals surface area (Å²) in [5.74, 6) is 0.504. The van der Waals surface area contributed by atoms with Crippen LogP contribution >= 0.6 is 15.9 Å². The average molecular weight is 295 g/mol. The van der Waals surface area contributed by atoms with Crippen LogP contribution in [-0.2, 0) is 6.54 Å². The van der Waals surface area contributed by atoms with E-state index in [1.54, 1.807) is 6.07 Å². The molecular weight excluding hydrogens is 284 g/mol. The van der Waals surface area contributed by atoms with Gasteiger partial charge in [-0.15, -0.1) is 0 Å². The van der Waals surface area contributed by atoms with Crippen LogP contribution in [0.5, 0.6) is 0 Å². The third kappa shape index (κ3) is 2.91. The van der Waals surface area contributed by atoms with Gasteiger partial charge in [0.25, 0.3) is 5.91 Å². The molecule has 6 heteroatoms. The first-order valence-electron chi connectivity index (χ1n) is 5.05. The number of carbonyl (C=O) groups excluding carboxylic acids is 1. The maximum absolute atomic E-state index is 11.8. The second kappa shape index (κ2) is 5.09. The van der Waals surface area contributed by atoms with E-state index in [2.05, 4.69) is 36.4 Å². The van der Waals surface area contributed by atoms with Crippen molar-refractivity contribution >= 4 is 21.8 Å². The van der Waals surface area contributed by atoms with Gasteiger partial charge in [-0.05, 0) is 30.7 Å². The largest absolute Gasteiger partial charge is 0.345 e. The molecule has 1 aromatic carbocycles. The number of aryl methyl sites for hydroxylation is 1. The number of hydrogen-bond acceptors (Lipinski definition) is 3. The second-order valence-electron chi connectivity index (χ2n) is 3.58. The Hall–Kier alpha value is -1.69. The maximum Gasteiger partial charge on any atom is 0.251 e. The van der Waals surface area contributed by atoms with Crippen molar-refractivity contribution in [1.82, 2.24) is 20.5 Å². The Morgan fingerprint density at radius 1 is 1.53 bits per heavy atom. The maximum atomic E-state index is 11.8. The fourth-order valence-electron chi connectivity index (χ4n) is 1.37. The summed E-state index contributed by atoms with van der Waals surface area (Å²) in [5, 5.41) is 9.15. The average Bonchev–Trinajstić information content (AvgIpc) is 2.82. The zero-order valence-electron chi connectivity index (χ0n) is 9.20. The van der Waals surface area contributed by atoms with Crippen LogP contribution in [0.3, 0.4) is 0 Å². The van der Waals surface area contributed by atoms with Crippen LogP contribution in [-0.4, -0.2) is 21.1 Å².